The van der Waals surface area contributed by atoms with Crippen molar-refractivity contribution in [3.8, 4) is 23.0 Å². The summed E-state index contributed by atoms with van der Waals surface area (Å²) in [6.07, 6.45) is 8.18. The Morgan fingerprint density at radius 2 is 0.972 bits per heavy atom. The highest BCUT2D eigenvalue weighted by atomic mass is 16.5. The molecular formula is C32H32O4. The van der Waals surface area contributed by atoms with E-state index in [0.29, 0.717) is 26.1 Å². The van der Waals surface area contributed by atoms with E-state index in [2.05, 4.69) is 26.3 Å². The lowest BCUT2D eigenvalue weighted by molar-refractivity contribution is 0.362. The van der Waals surface area contributed by atoms with Crippen molar-refractivity contribution in [2.24, 2.45) is 0 Å². The van der Waals surface area contributed by atoms with Crippen LogP contribution in [0.5, 0.6) is 23.0 Å². The van der Waals surface area contributed by atoms with Gasteiger partial charge in [0.2, 0.25) is 0 Å². The van der Waals surface area contributed by atoms with E-state index in [4.69, 9.17) is 9.47 Å². The van der Waals surface area contributed by atoms with Crippen LogP contribution in [0.2, 0.25) is 0 Å². The number of phenolic OH excluding ortho intramolecular Hbond substituents is 2. The van der Waals surface area contributed by atoms with Crippen LogP contribution in [0.4, 0.5) is 0 Å². The van der Waals surface area contributed by atoms with Gasteiger partial charge >= 0.3 is 0 Å². The maximum absolute atomic E-state index is 9.90. The predicted octanol–water partition coefficient (Wildman–Crippen LogP) is 7.68. The molecule has 2 N–H and O–H groups in total. The molecular weight excluding hydrogens is 448 g/mol. The Morgan fingerprint density at radius 1 is 0.556 bits per heavy atom. The first kappa shape index (κ1) is 26.2. The van der Waals surface area contributed by atoms with Gasteiger partial charge in [0.1, 0.15) is 36.2 Å². The normalized spacial score (nSPS) is 10.2. The van der Waals surface area contributed by atoms with Crippen LogP contribution < -0.4 is 9.47 Å². The summed E-state index contributed by atoms with van der Waals surface area (Å²) in [5, 5.41) is 24.0. The molecule has 184 valence electrons. The smallest absolute Gasteiger partial charge is 0.120 e. The van der Waals surface area contributed by atoms with Gasteiger partial charge in [-0.1, -0.05) is 61.7 Å². The number of allylic oxidation sites excluding steroid dienone is 2. The Labute approximate surface area is 212 Å². The minimum Gasteiger partial charge on any atom is -0.508 e. The van der Waals surface area contributed by atoms with Gasteiger partial charge in [0.15, 0.2) is 0 Å². The van der Waals surface area contributed by atoms with Crippen molar-refractivity contribution in [3.63, 3.8) is 0 Å². The zero-order valence-corrected chi connectivity index (χ0v) is 20.5. The second-order valence-corrected chi connectivity index (χ2v) is 8.08. The predicted molar refractivity (Wildman–Crippen MR) is 150 cm³/mol. The maximum atomic E-state index is 9.90. The maximum Gasteiger partial charge on any atom is 0.120 e. The highest BCUT2D eigenvalue weighted by molar-refractivity contribution is 5.92. The third kappa shape index (κ3) is 6.36. The van der Waals surface area contributed by atoms with Crippen molar-refractivity contribution in [1.82, 2.24) is 0 Å². The lowest BCUT2D eigenvalue weighted by atomic mass is 9.95. The molecule has 4 nitrogen and oxygen atoms in total. The van der Waals surface area contributed by atoms with Crippen LogP contribution in [0.15, 0.2) is 111 Å². The van der Waals surface area contributed by atoms with Gasteiger partial charge in [0.25, 0.3) is 0 Å². The molecule has 4 rings (SSSR count). The summed E-state index contributed by atoms with van der Waals surface area (Å²) in [6.45, 7) is 15.7. The van der Waals surface area contributed by atoms with E-state index in [1.165, 1.54) is 0 Å². The highest BCUT2D eigenvalue weighted by Gasteiger charge is 2.11. The topological polar surface area (TPSA) is 58.9 Å². The van der Waals surface area contributed by atoms with Crippen LogP contribution in [0.25, 0.3) is 21.5 Å². The Bertz CT molecular complexity index is 1280. The summed E-state index contributed by atoms with van der Waals surface area (Å²) in [5.41, 5.74) is 1.68. The second kappa shape index (κ2) is 12.9. The van der Waals surface area contributed by atoms with Gasteiger partial charge in [0, 0.05) is 11.1 Å². The fourth-order valence-corrected chi connectivity index (χ4v) is 3.92. The fourth-order valence-electron chi connectivity index (χ4n) is 3.92. The second-order valence-electron chi connectivity index (χ2n) is 8.08. The molecule has 0 amide bonds. The minimum atomic E-state index is 0.262. The molecule has 0 spiro atoms. The van der Waals surface area contributed by atoms with E-state index in [1.54, 1.807) is 36.4 Å². The molecule has 0 aliphatic heterocycles. The lowest BCUT2D eigenvalue weighted by Gasteiger charge is -2.12. The van der Waals surface area contributed by atoms with E-state index in [-0.39, 0.29) is 11.5 Å². The average Bonchev–Trinajstić information content (AvgIpc) is 2.89. The SMILES string of the molecule is C=CCOc1ccc2cc(OCC=C)ccc2c1.C=CCc1c(O)ccc2c(CC=C)c(O)ccc12. The van der Waals surface area contributed by atoms with E-state index in [1.807, 2.05) is 48.5 Å². The van der Waals surface area contributed by atoms with E-state index in [0.717, 1.165) is 44.2 Å². The summed E-state index contributed by atoms with van der Waals surface area (Å²) in [7, 11) is 0. The quantitative estimate of drug-likeness (QED) is 0.229. The first-order valence-electron chi connectivity index (χ1n) is 11.7. The lowest BCUT2D eigenvalue weighted by Crippen LogP contribution is -1.93. The van der Waals surface area contributed by atoms with Gasteiger partial charge in [-0.25, -0.2) is 0 Å². The molecule has 0 aliphatic carbocycles. The van der Waals surface area contributed by atoms with Gasteiger partial charge in [0.05, 0.1) is 0 Å². The zero-order chi connectivity index (χ0) is 25.9. The molecule has 4 heteroatoms. The molecule has 0 aromatic heterocycles. The largest absolute Gasteiger partial charge is 0.508 e. The molecule has 0 saturated heterocycles. The molecule has 36 heavy (non-hydrogen) atoms. The van der Waals surface area contributed by atoms with Crippen LogP contribution >= 0.6 is 0 Å². The van der Waals surface area contributed by atoms with Gasteiger partial charge in [-0.3, -0.25) is 0 Å². The number of fused-ring (bicyclic) bond motifs is 2. The van der Waals surface area contributed by atoms with Crippen LogP contribution in [0.3, 0.4) is 0 Å². The molecule has 4 aromatic rings. The molecule has 0 heterocycles. The van der Waals surface area contributed by atoms with Crippen molar-refractivity contribution in [1.29, 1.82) is 0 Å². The van der Waals surface area contributed by atoms with Crippen LogP contribution in [-0.4, -0.2) is 23.4 Å². The van der Waals surface area contributed by atoms with Crippen molar-refractivity contribution in [2.75, 3.05) is 13.2 Å². The van der Waals surface area contributed by atoms with Gasteiger partial charge in [-0.2, -0.15) is 0 Å². The van der Waals surface area contributed by atoms with Gasteiger partial charge in [-0.15, -0.1) is 13.2 Å². The monoisotopic (exact) mass is 480 g/mol. The van der Waals surface area contributed by atoms with Crippen molar-refractivity contribution in [2.45, 2.75) is 12.8 Å². The Morgan fingerprint density at radius 3 is 1.33 bits per heavy atom. The van der Waals surface area contributed by atoms with Crippen LogP contribution in [-0.2, 0) is 12.8 Å². The number of hydrogen-bond donors (Lipinski definition) is 2. The summed E-state index contributed by atoms with van der Waals surface area (Å²) in [5.74, 6) is 2.22. The molecule has 0 atom stereocenters. The summed E-state index contributed by atoms with van der Waals surface area (Å²) < 4.78 is 11.0. The Kier molecular flexibility index (Phi) is 9.35. The van der Waals surface area contributed by atoms with Gasteiger partial charge < -0.3 is 19.7 Å². The van der Waals surface area contributed by atoms with Crippen LogP contribution in [0, 0.1) is 0 Å². The molecule has 0 fully saturated rings. The number of ether oxygens (including phenoxy) is 2. The summed E-state index contributed by atoms with van der Waals surface area (Å²) >= 11 is 0. The number of aromatic hydroxyl groups is 2. The van der Waals surface area contributed by atoms with Crippen molar-refractivity contribution in [3.05, 3.63) is 122 Å². The molecule has 0 bridgehead atoms. The van der Waals surface area contributed by atoms with Crippen LogP contribution in [0.1, 0.15) is 11.1 Å². The number of hydrogen-bond acceptors (Lipinski definition) is 4. The summed E-state index contributed by atoms with van der Waals surface area (Å²) in [6, 6.07) is 18.9. The Hall–Kier alpha value is -4.44. The minimum absolute atomic E-state index is 0.262. The third-order valence-electron chi connectivity index (χ3n) is 5.59. The number of phenols is 2. The third-order valence-corrected chi connectivity index (χ3v) is 5.59. The number of benzene rings is 4. The number of rotatable bonds is 10. The molecule has 0 unspecified atom stereocenters. The first-order valence-corrected chi connectivity index (χ1v) is 11.7. The van der Waals surface area contributed by atoms with Gasteiger partial charge in [-0.05, 0) is 70.8 Å². The summed E-state index contributed by atoms with van der Waals surface area (Å²) in [4.78, 5) is 0. The fraction of sp³-hybridized carbons (Fsp3) is 0.125. The molecule has 0 saturated carbocycles. The molecule has 0 aliphatic rings. The van der Waals surface area contributed by atoms with E-state index < -0.39 is 0 Å². The first-order chi connectivity index (χ1) is 17.5. The molecule has 0 radical (unpaired) electrons. The van der Waals surface area contributed by atoms with Crippen molar-refractivity contribution < 1.29 is 19.7 Å². The average molecular weight is 481 g/mol. The Balaban J connectivity index is 0.000000201. The standard InChI is InChI=1S/2C16H16O2/c1-3-9-17-15-7-5-14-12-16(18-10-4-2)8-6-13(14)11-15;1-3-5-13-11-7-10-16(18)14(6-4-2)12(11)8-9-15(13)17/h3-8,11-12H,1-2,9-10H2;3-4,7-10,17-18H,1-2,5-6H2. The van der Waals surface area contributed by atoms with E-state index >= 15 is 0 Å². The zero-order valence-electron chi connectivity index (χ0n) is 20.5. The molecule has 4 aromatic carbocycles. The highest BCUT2D eigenvalue weighted by Crippen LogP contribution is 2.34. The van der Waals surface area contributed by atoms with E-state index in [9.17, 15) is 10.2 Å². The van der Waals surface area contributed by atoms with Crippen molar-refractivity contribution >= 4 is 21.5 Å².